The Morgan fingerprint density at radius 1 is 0.529 bits per heavy atom. The number of phosphoric acid groups is 6. The standard InChI is InChI=1S/C6H14O22P6/c7-29(8,9)21-1-2(22-30(10,11)12)4-6(26-34(19,20)28-32(15,16)24-4)5-3(1)23-31(13,14)27-33(17,18)25-5/h1-6H,(H,13,14)(H,15,16)(H,17,18)(H,19,20)(H2,7,8,9)(H2,10,11,12). The number of phosphoric ester groups is 6. The number of hydrogen-bond acceptors (Lipinski definition) is 14. The molecule has 0 amide bonds. The van der Waals surface area contributed by atoms with Crippen LogP contribution < -0.4 is 0 Å². The van der Waals surface area contributed by atoms with E-state index in [0.29, 0.717) is 0 Å². The predicted molar refractivity (Wildman–Crippen MR) is 94.8 cm³/mol. The van der Waals surface area contributed by atoms with Gasteiger partial charge in [0.05, 0.1) is 0 Å². The van der Waals surface area contributed by atoms with Crippen molar-refractivity contribution in [1.29, 1.82) is 0 Å². The van der Waals surface area contributed by atoms with Gasteiger partial charge in [0.25, 0.3) is 0 Å². The van der Waals surface area contributed by atoms with Crippen LogP contribution in [0.15, 0.2) is 0 Å². The summed E-state index contributed by atoms with van der Waals surface area (Å²) < 4.78 is 106. The second-order valence-electron chi connectivity index (χ2n) is 6.44. The summed E-state index contributed by atoms with van der Waals surface area (Å²) in [5.41, 5.74) is 0. The van der Waals surface area contributed by atoms with Crippen LogP contribution in [0.5, 0.6) is 0 Å². The van der Waals surface area contributed by atoms with Crippen molar-refractivity contribution >= 4 is 46.9 Å². The second-order valence-corrected chi connectivity index (χ2v) is 14.7. The van der Waals surface area contributed by atoms with Crippen molar-refractivity contribution in [3.63, 3.8) is 0 Å². The Bertz CT molecular complexity index is 1020. The molecule has 28 heteroatoms. The van der Waals surface area contributed by atoms with Crippen LogP contribution in [-0.2, 0) is 63.2 Å². The van der Waals surface area contributed by atoms with Gasteiger partial charge in [-0.2, -0.15) is 8.62 Å². The van der Waals surface area contributed by atoms with E-state index >= 15 is 0 Å². The van der Waals surface area contributed by atoms with Gasteiger partial charge in [0.1, 0.15) is 36.6 Å². The van der Waals surface area contributed by atoms with Crippen LogP contribution in [0.4, 0.5) is 0 Å². The Kier molecular flexibility index (Phi) is 7.92. The van der Waals surface area contributed by atoms with Gasteiger partial charge in [0.2, 0.25) is 0 Å². The van der Waals surface area contributed by atoms with E-state index in [1.807, 2.05) is 0 Å². The van der Waals surface area contributed by atoms with Gasteiger partial charge < -0.3 is 39.1 Å². The Hall–Kier alpha value is 0.740. The first-order valence-corrected chi connectivity index (χ1v) is 17.0. The lowest BCUT2D eigenvalue weighted by Crippen LogP contribution is -2.65. The fraction of sp³-hybridized carbons (Fsp3) is 1.00. The van der Waals surface area contributed by atoms with Gasteiger partial charge in [0, 0.05) is 0 Å². The van der Waals surface area contributed by atoms with Crippen molar-refractivity contribution in [2.24, 2.45) is 0 Å². The molecule has 0 spiro atoms. The van der Waals surface area contributed by atoms with Crippen LogP contribution in [0.25, 0.3) is 0 Å². The van der Waals surface area contributed by atoms with Gasteiger partial charge in [-0.1, -0.05) is 0 Å². The SMILES string of the molecule is O=P(O)(O)OC1C(OP(=O)(O)O)C2OP(=O)(O)OP(=O)(O)OC2C2OP(=O)(O)OP(=O)(O)OC12. The minimum Gasteiger partial charge on any atom is -0.303 e. The smallest absolute Gasteiger partial charge is 0.303 e. The van der Waals surface area contributed by atoms with Crippen LogP contribution in [0, 0.1) is 0 Å². The fourth-order valence-corrected chi connectivity index (χ4v) is 9.12. The van der Waals surface area contributed by atoms with E-state index in [9.17, 15) is 66.5 Å². The second kappa shape index (κ2) is 9.19. The molecule has 3 rings (SSSR count). The molecule has 0 aromatic carbocycles. The summed E-state index contributed by atoms with van der Waals surface area (Å²) in [6, 6.07) is 0. The van der Waals surface area contributed by atoms with E-state index in [1.165, 1.54) is 0 Å². The summed E-state index contributed by atoms with van der Waals surface area (Å²) >= 11 is 0. The summed E-state index contributed by atoms with van der Waals surface area (Å²) in [5, 5.41) is 0. The van der Waals surface area contributed by atoms with E-state index in [1.54, 1.807) is 0 Å². The lowest BCUT2D eigenvalue weighted by atomic mass is 9.85. The molecule has 2 aliphatic heterocycles. The molecule has 1 saturated carbocycles. The van der Waals surface area contributed by atoms with E-state index in [0.717, 1.165) is 0 Å². The quantitative estimate of drug-likeness (QED) is 0.173. The molecule has 0 aromatic rings. The number of rotatable bonds is 4. The molecule has 0 aromatic heterocycles. The molecule has 22 nitrogen and oxygen atoms in total. The van der Waals surface area contributed by atoms with Gasteiger partial charge >= 0.3 is 46.9 Å². The van der Waals surface area contributed by atoms with E-state index in [4.69, 9.17) is 0 Å². The van der Waals surface area contributed by atoms with Crippen molar-refractivity contribution in [2.45, 2.75) is 36.6 Å². The van der Waals surface area contributed by atoms with Crippen molar-refractivity contribution in [3.05, 3.63) is 0 Å². The van der Waals surface area contributed by atoms with Gasteiger partial charge in [-0.25, -0.2) is 27.4 Å². The van der Waals surface area contributed by atoms with Gasteiger partial charge in [-0.3, -0.25) is 27.1 Å². The lowest BCUT2D eigenvalue weighted by molar-refractivity contribution is -0.191. The fourth-order valence-electron chi connectivity index (χ4n) is 3.11. The van der Waals surface area contributed by atoms with Crippen LogP contribution in [0.2, 0.25) is 0 Å². The van der Waals surface area contributed by atoms with E-state index in [-0.39, 0.29) is 0 Å². The molecule has 34 heavy (non-hydrogen) atoms. The van der Waals surface area contributed by atoms with Gasteiger partial charge in [-0.05, 0) is 0 Å². The maximum Gasteiger partial charge on any atom is 0.481 e. The molecule has 0 radical (unpaired) electrons. The monoisotopic (exact) mass is 624 g/mol. The zero-order valence-corrected chi connectivity index (χ0v) is 20.8. The number of fused-ring (bicyclic) bond motifs is 3. The van der Waals surface area contributed by atoms with E-state index in [2.05, 4.69) is 35.8 Å². The third kappa shape index (κ3) is 7.40. The Labute approximate surface area is 186 Å². The summed E-state index contributed by atoms with van der Waals surface area (Å²) in [5.74, 6) is 0. The molecule has 10 unspecified atom stereocenters. The molecular weight excluding hydrogens is 610 g/mol. The highest BCUT2D eigenvalue weighted by molar-refractivity contribution is 7.61. The summed E-state index contributed by atoms with van der Waals surface area (Å²) in [7, 11) is -34.4. The summed E-state index contributed by atoms with van der Waals surface area (Å²) in [4.78, 5) is 75.5. The number of hydrogen-bond donors (Lipinski definition) is 8. The largest absolute Gasteiger partial charge is 0.481 e. The molecule has 3 fully saturated rings. The molecule has 8 N–H and O–H groups in total. The molecule has 200 valence electrons. The third-order valence-corrected chi connectivity index (χ3v) is 10.3. The van der Waals surface area contributed by atoms with Crippen molar-refractivity contribution in [1.82, 2.24) is 0 Å². The zero-order chi connectivity index (χ0) is 26.1. The van der Waals surface area contributed by atoms with Crippen molar-refractivity contribution in [2.75, 3.05) is 0 Å². The molecular formula is C6H14O22P6. The van der Waals surface area contributed by atoms with Crippen LogP contribution in [-0.4, -0.2) is 75.8 Å². The Morgan fingerprint density at radius 3 is 1.00 bits per heavy atom. The third-order valence-electron chi connectivity index (χ3n) is 3.89. The minimum absolute atomic E-state index is 2.57. The molecule has 1 aliphatic carbocycles. The normalized spacial score (nSPS) is 50.5. The summed E-state index contributed by atoms with van der Waals surface area (Å²) in [6.07, 6.45) is -15.9. The van der Waals surface area contributed by atoms with Gasteiger partial charge in [0.15, 0.2) is 0 Å². The Balaban J connectivity index is 2.26. The average Bonchev–Trinajstić information content (AvgIpc) is 2.68. The molecule has 2 saturated heterocycles. The van der Waals surface area contributed by atoms with Gasteiger partial charge in [-0.15, -0.1) is 0 Å². The topological polar surface area (TPSA) is 338 Å². The first-order valence-electron chi connectivity index (χ1n) is 7.94. The van der Waals surface area contributed by atoms with Crippen LogP contribution in [0.1, 0.15) is 0 Å². The summed E-state index contributed by atoms with van der Waals surface area (Å²) in [6.45, 7) is 0. The van der Waals surface area contributed by atoms with E-state index < -0.39 is 83.6 Å². The highest BCUT2D eigenvalue weighted by atomic mass is 31.3. The van der Waals surface area contributed by atoms with Crippen molar-refractivity contribution in [3.8, 4) is 0 Å². The maximum absolute atomic E-state index is 12.1. The predicted octanol–water partition coefficient (Wildman–Crippen LogP) is -1.04. The highest BCUT2D eigenvalue weighted by Gasteiger charge is 2.66. The van der Waals surface area contributed by atoms with Crippen LogP contribution in [0.3, 0.4) is 0 Å². The van der Waals surface area contributed by atoms with Crippen molar-refractivity contribution < 1.29 is 102 Å². The lowest BCUT2D eigenvalue weighted by Gasteiger charge is -2.46. The molecule has 10 atom stereocenters. The molecule has 3 aliphatic rings. The molecule has 0 bridgehead atoms. The average molecular weight is 624 g/mol. The maximum atomic E-state index is 12.1. The first kappa shape index (κ1) is 29.3. The molecule has 2 heterocycles. The Morgan fingerprint density at radius 2 is 0.765 bits per heavy atom. The minimum atomic E-state index is -5.78. The first-order chi connectivity index (χ1) is 15.0. The van der Waals surface area contributed by atoms with Crippen LogP contribution >= 0.6 is 46.9 Å². The zero-order valence-electron chi connectivity index (χ0n) is 15.4. The highest BCUT2D eigenvalue weighted by Crippen LogP contribution is 2.70.